The minimum Gasteiger partial charge on any atom is -0.330 e. The van der Waals surface area contributed by atoms with Crippen molar-refractivity contribution >= 4 is 0 Å². The molecule has 19 heavy (non-hydrogen) atoms. The molecule has 1 aromatic heterocycles. The van der Waals surface area contributed by atoms with E-state index < -0.39 is 0 Å². The number of aryl methyl sites for hydroxylation is 1. The van der Waals surface area contributed by atoms with Crippen LogP contribution in [0.2, 0.25) is 0 Å². The molecule has 0 spiro atoms. The van der Waals surface area contributed by atoms with Crippen molar-refractivity contribution < 1.29 is 0 Å². The topological polar surface area (TPSA) is 47.1 Å². The molecule has 2 rings (SSSR count). The second-order valence-corrected chi connectivity index (χ2v) is 6.08. The Balaban J connectivity index is 2.40. The molecule has 0 radical (unpaired) electrons. The van der Waals surface area contributed by atoms with Crippen LogP contribution in [0, 0.1) is 12.8 Å². The Hall–Kier alpha value is -0.870. The lowest BCUT2D eigenvalue weighted by Gasteiger charge is -2.37. The lowest BCUT2D eigenvalue weighted by atomic mass is 9.89. The fourth-order valence-corrected chi connectivity index (χ4v) is 3.33. The van der Waals surface area contributed by atoms with Gasteiger partial charge in [-0.1, -0.05) is 6.42 Å². The van der Waals surface area contributed by atoms with Crippen LogP contribution >= 0.6 is 0 Å². The molecule has 1 aromatic rings. The Morgan fingerprint density at radius 3 is 2.68 bits per heavy atom. The maximum absolute atomic E-state index is 6.07. The summed E-state index contributed by atoms with van der Waals surface area (Å²) < 4.78 is 1.98. The highest BCUT2D eigenvalue weighted by Gasteiger charge is 2.33. The van der Waals surface area contributed by atoms with Crippen LogP contribution in [0.1, 0.15) is 50.4 Å². The van der Waals surface area contributed by atoms with Gasteiger partial charge in [-0.3, -0.25) is 9.58 Å². The molecule has 0 saturated carbocycles. The summed E-state index contributed by atoms with van der Waals surface area (Å²) in [6, 6.07) is 0.984. The van der Waals surface area contributed by atoms with Gasteiger partial charge >= 0.3 is 0 Å². The van der Waals surface area contributed by atoms with E-state index in [1.54, 1.807) is 0 Å². The van der Waals surface area contributed by atoms with Crippen molar-refractivity contribution in [1.29, 1.82) is 0 Å². The molecular formula is C15H28N4. The zero-order valence-electron chi connectivity index (χ0n) is 12.8. The maximum atomic E-state index is 6.07. The Bertz CT molecular complexity index is 410. The summed E-state index contributed by atoms with van der Waals surface area (Å²) in [4.78, 5) is 2.62. The predicted octanol–water partition coefficient (Wildman–Crippen LogP) is 2.24. The van der Waals surface area contributed by atoms with Gasteiger partial charge in [-0.15, -0.1) is 0 Å². The van der Waals surface area contributed by atoms with Crippen LogP contribution in [-0.4, -0.2) is 33.8 Å². The van der Waals surface area contributed by atoms with E-state index in [0.717, 1.165) is 6.54 Å². The van der Waals surface area contributed by atoms with E-state index in [1.807, 2.05) is 17.9 Å². The molecule has 1 aliphatic heterocycles. The molecule has 2 atom stereocenters. The van der Waals surface area contributed by atoms with Crippen LogP contribution in [0.5, 0.6) is 0 Å². The molecule has 0 bridgehead atoms. The largest absolute Gasteiger partial charge is 0.330 e. The number of nitrogens with zero attached hydrogens (tertiary/aromatic N) is 3. The molecule has 2 N–H and O–H groups in total. The smallest absolute Gasteiger partial charge is 0.0540 e. The van der Waals surface area contributed by atoms with Crippen molar-refractivity contribution in [3.63, 3.8) is 0 Å². The van der Waals surface area contributed by atoms with Gasteiger partial charge in [0.05, 0.1) is 6.20 Å². The molecule has 1 aliphatic rings. The minimum atomic E-state index is 0.432. The number of hydrogen-bond acceptors (Lipinski definition) is 3. The average Bonchev–Trinajstić information content (AvgIpc) is 2.62. The first-order valence-corrected chi connectivity index (χ1v) is 7.50. The number of likely N-dealkylation sites (tertiary alicyclic amines) is 1. The van der Waals surface area contributed by atoms with E-state index in [-0.39, 0.29) is 0 Å². The van der Waals surface area contributed by atoms with Crippen LogP contribution in [0.4, 0.5) is 0 Å². The van der Waals surface area contributed by atoms with E-state index in [9.17, 15) is 0 Å². The van der Waals surface area contributed by atoms with Gasteiger partial charge in [0.25, 0.3) is 0 Å². The first-order chi connectivity index (χ1) is 9.06. The lowest BCUT2D eigenvalue weighted by Crippen LogP contribution is -2.40. The van der Waals surface area contributed by atoms with E-state index in [0.29, 0.717) is 18.0 Å². The van der Waals surface area contributed by atoms with Crippen molar-refractivity contribution in [3.05, 3.63) is 17.5 Å². The Labute approximate surface area is 117 Å². The molecule has 0 amide bonds. The maximum Gasteiger partial charge on any atom is 0.0540 e. The van der Waals surface area contributed by atoms with E-state index in [2.05, 4.69) is 30.8 Å². The lowest BCUT2D eigenvalue weighted by molar-refractivity contribution is 0.121. The second-order valence-electron chi connectivity index (χ2n) is 6.08. The second kappa shape index (κ2) is 6.06. The van der Waals surface area contributed by atoms with Gasteiger partial charge in [-0.25, -0.2) is 0 Å². The minimum absolute atomic E-state index is 0.432. The average molecular weight is 264 g/mol. The highest BCUT2D eigenvalue weighted by Crippen LogP contribution is 2.37. The monoisotopic (exact) mass is 264 g/mol. The summed E-state index contributed by atoms with van der Waals surface area (Å²) in [5, 5.41) is 4.43. The first-order valence-electron chi connectivity index (χ1n) is 7.50. The standard InChI is InChI=1S/C15H28N4/c1-11(2)19-8-6-5-7-13(9-16)15(19)14-10-17-18(4)12(14)3/h10-11,13,15H,5-9,16H2,1-4H3. The zero-order chi connectivity index (χ0) is 14.0. The van der Waals surface area contributed by atoms with Gasteiger partial charge in [0.2, 0.25) is 0 Å². The van der Waals surface area contributed by atoms with Crippen molar-refractivity contribution in [2.24, 2.45) is 18.7 Å². The number of rotatable bonds is 3. The van der Waals surface area contributed by atoms with Crippen molar-refractivity contribution in [2.75, 3.05) is 13.1 Å². The molecule has 4 heteroatoms. The van der Waals surface area contributed by atoms with Crippen LogP contribution in [0.3, 0.4) is 0 Å². The third-order valence-corrected chi connectivity index (χ3v) is 4.60. The Morgan fingerprint density at radius 2 is 2.16 bits per heavy atom. The van der Waals surface area contributed by atoms with Crippen LogP contribution in [-0.2, 0) is 7.05 Å². The normalized spacial score (nSPS) is 25.8. The van der Waals surface area contributed by atoms with Gasteiger partial charge in [-0.2, -0.15) is 5.10 Å². The van der Waals surface area contributed by atoms with Crippen molar-refractivity contribution in [3.8, 4) is 0 Å². The van der Waals surface area contributed by atoms with Crippen molar-refractivity contribution in [1.82, 2.24) is 14.7 Å². The molecule has 1 saturated heterocycles. The highest BCUT2D eigenvalue weighted by molar-refractivity contribution is 5.22. The molecule has 2 heterocycles. The van der Waals surface area contributed by atoms with Gasteiger partial charge in [-0.05, 0) is 52.6 Å². The summed E-state index contributed by atoms with van der Waals surface area (Å²) in [6.07, 6.45) is 5.85. The summed E-state index contributed by atoms with van der Waals surface area (Å²) in [5.41, 5.74) is 8.71. The van der Waals surface area contributed by atoms with Crippen LogP contribution < -0.4 is 5.73 Å². The number of aromatic nitrogens is 2. The van der Waals surface area contributed by atoms with E-state index >= 15 is 0 Å². The quantitative estimate of drug-likeness (QED) is 0.911. The Morgan fingerprint density at radius 1 is 1.42 bits per heavy atom. The van der Waals surface area contributed by atoms with Crippen molar-refractivity contribution in [2.45, 2.75) is 52.1 Å². The predicted molar refractivity (Wildman–Crippen MR) is 78.9 cm³/mol. The molecule has 1 fully saturated rings. The zero-order valence-corrected chi connectivity index (χ0v) is 12.8. The summed E-state index contributed by atoms with van der Waals surface area (Å²) in [5.74, 6) is 0.549. The van der Waals surface area contributed by atoms with Crippen LogP contribution in [0.25, 0.3) is 0 Å². The SMILES string of the molecule is Cc1c(C2C(CN)CCCCN2C(C)C)cnn1C. The van der Waals surface area contributed by atoms with Gasteiger partial charge in [0.1, 0.15) is 0 Å². The molecule has 2 unspecified atom stereocenters. The van der Waals surface area contributed by atoms with Gasteiger partial charge in [0, 0.05) is 30.4 Å². The molecule has 0 aromatic carbocycles. The molecule has 108 valence electrons. The van der Waals surface area contributed by atoms with Gasteiger partial charge in [0.15, 0.2) is 0 Å². The van der Waals surface area contributed by atoms with Gasteiger partial charge < -0.3 is 5.73 Å². The summed E-state index contributed by atoms with van der Waals surface area (Å²) in [7, 11) is 2.02. The van der Waals surface area contributed by atoms with Crippen LogP contribution in [0.15, 0.2) is 6.20 Å². The van der Waals surface area contributed by atoms with E-state index in [4.69, 9.17) is 5.73 Å². The molecule has 4 nitrogen and oxygen atoms in total. The third-order valence-electron chi connectivity index (χ3n) is 4.60. The summed E-state index contributed by atoms with van der Waals surface area (Å²) >= 11 is 0. The fraction of sp³-hybridized carbons (Fsp3) is 0.800. The summed E-state index contributed by atoms with van der Waals surface area (Å²) in [6.45, 7) is 8.68. The molecule has 0 aliphatic carbocycles. The highest BCUT2D eigenvalue weighted by atomic mass is 15.3. The first kappa shape index (κ1) is 14.5. The Kier molecular flexibility index (Phi) is 4.63. The fourth-order valence-electron chi connectivity index (χ4n) is 3.33. The number of nitrogens with two attached hydrogens (primary N) is 1. The third kappa shape index (κ3) is 2.84. The number of hydrogen-bond donors (Lipinski definition) is 1. The van der Waals surface area contributed by atoms with E-state index in [1.165, 1.54) is 37.1 Å². The molecular weight excluding hydrogens is 236 g/mol.